The molecule has 4 nitrogen and oxygen atoms in total. The molecule has 0 bridgehead atoms. The summed E-state index contributed by atoms with van der Waals surface area (Å²) in [6.45, 7) is 2.00. The van der Waals surface area contributed by atoms with Crippen molar-refractivity contribution in [1.29, 1.82) is 0 Å². The average molecular weight is 302 g/mol. The summed E-state index contributed by atoms with van der Waals surface area (Å²) in [5, 5.41) is 0.861. The summed E-state index contributed by atoms with van der Waals surface area (Å²) in [5.74, 6) is 1.28. The Morgan fingerprint density at radius 1 is 0.913 bits per heavy atom. The number of fused-ring (bicyclic) bond motifs is 1. The molecule has 0 aliphatic heterocycles. The van der Waals surface area contributed by atoms with Crippen LogP contribution in [0.1, 0.15) is 5.69 Å². The van der Waals surface area contributed by atoms with Gasteiger partial charge in [0.2, 0.25) is 5.88 Å². The van der Waals surface area contributed by atoms with Crippen molar-refractivity contribution >= 4 is 11.0 Å². The number of hydrogen-bond donors (Lipinski definition) is 0. The number of pyridine rings is 2. The van der Waals surface area contributed by atoms with Gasteiger partial charge in [-0.25, -0.2) is 4.98 Å². The predicted molar refractivity (Wildman–Crippen MR) is 88.5 cm³/mol. The molecule has 0 N–H and O–H groups in total. The second-order valence-electron chi connectivity index (χ2n) is 5.21. The highest BCUT2D eigenvalue weighted by Crippen LogP contribution is 2.30. The van der Waals surface area contributed by atoms with E-state index in [2.05, 4.69) is 16.0 Å². The highest BCUT2D eigenvalue weighted by atomic mass is 16.5. The molecular weight excluding hydrogens is 288 g/mol. The Balaban J connectivity index is 1.64. The van der Waals surface area contributed by atoms with E-state index in [0.717, 1.165) is 33.5 Å². The van der Waals surface area contributed by atoms with Crippen LogP contribution < -0.4 is 4.74 Å². The third kappa shape index (κ3) is 2.55. The molecule has 0 amide bonds. The van der Waals surface area contributed by atoms with E-state index in [1.807, 2.05) is 49.4 Å². The van der Waals surface area contributed by atoms with Crippen LogP contribution >= 0.6 is 0 Å². The number of aryl methyl sites for hydroxylation is 1. The predicted octanol–water partition coefficient (Wildman–Crippen LogP) is 4.99. The van der Waals surface area contributed by atoms with Gasteiger partial charge in [0.05, 0.1) is 11.6 Å². The quantitative estimate of drug-likeness (QED) is 0.535. The summed E-state index contributed by atoms with van der Waals surface area (Å²) in [7, 11) is 0. The van der Waals surface area contributed by atoms with Crippen LogP contribution in [0, 0.1) is 6.92 Å². The van der Waals surface area contributed by atoms with E-state index in [1.165, 1.54) is 0 Å². The van der Waals surface area contributed by atoms with E-state index in [9.17, 15) is 0 Å². The molecule has 0 radical (unpaired) electrons. The molecule has 0 aliphatic rings. The zero-order valence-electron chi connectivity index (χ0n) is 12.6. The molecule has 0 fully saturated rings. The van der Waals surface area contributed by atoms with Crippen LogP contribution in [0.2, 0.25) is 0 Å². The first kappa shape index (κ1) is 13.5. The van der Waals surface area contributed by atoms with Crippen molar-refractivity contribution < 1.29 is 9.15 Å². The van der Waals surface area contributed by atoms with Gasteiger partial charge in [0.15, 0.2) is 0 Å². The van der Waals surface area contributed by atoms with Gasteiger partial charge in [0, 0.05) is 23.7 Å². The van der Waals surface area contributed by atoms with Crippen LogP contribution in [0.15, 0.2) is 71.6 Å². The Hall–Kier alpha value is -3.14. The highest BCUT2D eigenvalue weighted by Gasteiger charge is 2.08. The fourth-order valence-corrected chi connectivity index (χ4v) is 2.55. The van der Waals surface area contributed by atoms with Crippen molar-refractivity contribution in [2.75, 3.05) is 0 Å². The number of benzene rings is 1. The summed E-state index contributed by atoms with van der Waals surface area (Å²) >= 11 is 0. The zero-order valence-corrected chi connectivity index (χ0v) is 12.6. The van der Waals surface area contributed by atoms with Gasteiger partial charge in [-0.1, -0.05) is 18.2 Å². The number of hydrogen-bond acceptors (Lipinski definition) is 4. The van der Waals surface area contributed by atoms with E-state index < -0.39 is 0 Å². The largest absolute Gasteiger partial charge is 0.464 e. The number of furan rings is 1. The zero-order chi connectivity index (χ0) is 15.6. The SMILES string of the molecule is Cc1ncccc1-c1ccc(Oc2nccc3occc23)cc1. The fraction of sp³-hybridized carbons (Fsp3) is 0.0526. The molecule has 4 aromatic rings. The summed E-state index contributed by atoms with van der Waals surface area (Å²) in [4.78, 5) is 8.60. The molecule has 0 spiro atoms. The van der Waals surface area contributed by atoms with Crippen molar-refractivity contribution in [3.05, 3.63) is 72.9 Å². The van der Waals surface area contributed by atoms with E-state index in [-0.39, 0.29) is 0 Å². The van der Waals surface area contributed by atoms with E-state index in [4.69, 9.17) is 9.15 Å². The molecule has 0 saturated heterocycles. The molecule has 3 aromatic heterocycles. The molecule has 4 heteroatoms. The van der Waals surface area contributed by atoms with Gasteiger partial charge in [-0.2, -0.15) is 0 Å². The summed E-state index contributed by atoms with van der Waals surface area (Å²) in [6.07, 6.45) is 5.11. The molecule has 0 aliphatic carbocycles. The van der Waals surface area contributed by atoms with E-state index >= 15 is 0 Å². The van der Waals surface area contributed by atoms with Crippen molar-refractivity contribution in [2.45, 2.75) is 6.92 Å². The average Bonchev–Trinajstić information content (AvgIpc) is 3.06. The van der Waals surface area contributed by atoms with Crippen molar-refractivity contribution in [1.82, 2.24) is 9.97 Å². The van der Waals surface area contributed by atoms with Crippen LogP contribution in [-0.2, 0) is 0 Å². The molecule has 23 heavy (non-hydrogen) atoms. The highest BCUT2D eigenvalue weighted by molar-refractivity contribution is 5.82. The second kappa shape index (κ2) is 5.57. The fourth-order valence-electron chi connectivity index (χ4n) is 2.55. The first-order chi connectivity index (χ1) is 11.3. The minimum absolute atomic E-state index is 0.543. The number of ether oxygens (including phenoxy) is 1. The lowest BCUT2D eigenvalue weighted by Gasteiger charge is -2.08. The third-order valence-corrected chi connectivity index (χ3v) is 3.73. The van der Waals surface area contributed by atoms with Crippen LogP contribution in [-0.4, -0.2) is 9.97 Å². The lowest BCUT2D eigenvalue weighted by Crippen LogP contribution is -1.89. The maximum absolute atomic E-state index is 5.88. The first-order valence-electron chi connectivity index (χ1n) is 7.33. The maximum Gasteiger partial charge on any atom is 0.230 e. The molecular formula is C19H14N2O2. The lowest BCUT2D eigenvalue weighted by molar-refractivity contribution is 0.469. The molecule has 4 rings (SSSR count). The standard InChI is InChI=1S/C19H14N2O2/c1-13-16(3-2-10-20-13)14-4-6-15(7-5-14)23-19-17-9-12-22-18(17)8-11-21-19/h2-12H,1H3. The van der Waals surface area contributed by atoms with Gasteiger partial charge < -0.3 is 9.15 Å². The van der Waals surface area contributed by atoms with Crippen molar-refractivity contribution in [3.8, 4) is 22.8 Å². The monoisotopic (exact) mass is 302 g/mol. The maximum atomic E-state index is 5.88. The van der Waals surface area contributed by atoms with E-state index in [1.54, 1.807) is 18.7 Å². The van der Waals surface area contributed by atoms with E-state index in [0.29, 0.717) is 5.88 Å². The van der Waals surface area contributed by atoms with Crippen LogP contribution in [0.3, 0.4) is 0 Å². The smallest absolute Gasteiger partial charge is 0.230 e. The van der Waals surface area contributed by atoms with Crippen LogP contribution in [0.5, 0.6) is 11.6 Å². The van der Waals surface area contributed by atoms with Gasteiger partial charge in [-0.05, 0) is 42.8 Å². The lowest BCUT2D eigenvalue weighted by atomic mass is 10.0. The number of nitrogens with zero attached hydrogens (tertiary/aromatic N) is 2. The second-order valence-corrected chi connectivity index (χ2v) is 5.21. The number of rotatable bonds is 3. The third-order valence-electron chi connectivity index (χ3n) is 3.73. The molecule has 3 heterocycles. The number of aromatic nitrogens is 2. The topological polar surface area (TPSA) is 48.2 Å². The summed E-state index contributed by atoms with van der Waals surface area (Å²) in [5.41, 5.74) is 4.00. The van der Waals surface area contributed by atoms with Crippen LogP contribution in [0.4, 0.5) is 0 Å². The Morgan fingerprint density at radius 3 is 2.61 bits per heavy atom. The molecule has 0 saturated carbocycles. The molecule has 1 aromatic carbocycles. The van der Waals surface area contributed by atoms with Gasteiger partial charge in [0.25, 0.3) is 0 Å². The Labute approximate surface area is 133 Å². The summed E-state index contributed by atoms with van der Waals surface area (Å²) in [6, 6.07) is 15.6. The van der Waals surface area contributed by atoms with Gasteiger partial charge >= 0.3 is 0 Å². The van der Waals surface area contributed by atoms with Crippen molar-refractivity contribution in [3.63, 3.8) is 0 Å². The van der Waals surface area contributed by atoms with Gasteiger partial charge in [0.1, 0.15) is 11.3 Å². The normalized spacial score (nSPS) is 10.8. The molecule has 0 atom stereocenters. The van der Waals surface area contributed by atoms with Gasteiger partial charge in [-0.15, -0.1) is 0 Å². The Morgan fingerprint density at radius 2 is 1.78 bits per heavy atom. The first-order valence-corrected chi connectivity index (χ1v) is 7.33. The molecule has 112 valence electrons. The summed E-state index contributed by atoms with van der Waals surface area (Å²) < 4.78 is 11.2. The van der Waals surface area contributed by atoms with Gasteiger partial charge in [-0.3, -0.25) is 4.98 Å². The minimum Gasteiger partial charge on any atom is -0.464 e. The Kier molecular flexibility index (Phi) is 3.27. The molecule has 0 unspecified atom stereocenters. The Bertz CT molecular complexity index is 958. The minimum atomic E-state index is 0.543. The van der Waals surface area contributed by atoms with Crippen molar-refractivity contribution in [2.24, 2.45) is 0 Å². The van der Waals surface area contributed by atoms with Crippen LogP contribution in [0.25, 0.3) is 22.1 Å².